The van der Waals surface area contributed by atoms with Crippen molar-refractivity contribution in [1.29, 1.82) is 0 Å². The molecule has 31 heavy (non-hydrogen) atoms. The molecule has 0 bridgehead atoms. The van der Waals surface area contributed by atoms with Crippen LogP contribution in [0.2, 0.25) is 0 Å². The third-order valence-corrected chi connectivity index (χ3v) is 6.15. The summed E-state index contributed by atoms with van der Waals surface area (Å²) < 4.78 is 12.6. The van der Waals surface area contributed by atoms with Crippen LogP contribution in [0.25, 0.3) is 11.0 Å². The maximum Gasteiger partial charge on any atom is 0.255 e. The van der Waals surface area contributed by atoms with Crippen molar-refractivity contribution >= 4 is 16.9 Å². The predicted molar refractivity (Wildman–Crippen MR) is 120 cm³/mol. The minimum atomic E-state index is 0.0633. The van der Waals surface area contributed by atoms with Crippen LogP contribution in [0.5, 0.6) is 11.5 Å². The summed E-state index contributed by atoms with van der Waals surface area (Å²) in [6, 6.07) is 7.97. The van der Waals surface area contributed by atoms with Crippen molar-refractivity contribution < 1.29 is 14.3 Å². The number of ether oxygens (including phenoxy) is 2. The number of methoxy groups -OCH3 is 2. The molecule has 164 valence electrons. The molecule has 0 N–H and O–H groups in total. The normalized spacial score (nSPS) is 14.5. The number of nitrogens with zero attached hydrogens (tertiary/aromatic N) is 4. The van der Waals surface area contributed by atoms with E-state index in [4.69, 9.17) is 9.47 Å². The first-order valence-corrected chi connectivity index (χ1v) is 11.0. The van der Waals surface area contributed by atoms with E-state index in [-0.39, 0.29) is 5.91 Å². The molecule has 0 radical (unpaired) electrons. The van der Waals surface area contributed by atoms with Gasteiger partial charge in [0.05, 0.1) is 32.5 Å². The van der Waals surface area contributed by atoms with E-state index in [9.17, 15) is 4.79 Å². The smallest absolute Gasteiger partial charge is 0.255 e. The van der Waals surface area contributed by atoms with Gasteiger partial charge in [0.1, 0.15) is 11.5 Å². The Bertz CT molecular complexity index is 1060. The standard InChI is InChI=1S/C24H30N4O3/c1-4-27(20-8-6-5-7-9-20)24(29)19-12-18-15-26-28(23(18)25-14-19)16-17-10-11-21(30-2)13-22(17)31-3/h10-15,20H,4-9,16H2,1-3H3. The van der Waals surface area contributed by atoms with Crippen LogP contribution in [0.3, 0.4) is 0 Å². The van der Waals surface area contributed by atoms with Crippen LogP contribution >= 0.6 is 0 Å². The molecule has 0 aliphatic heterocycles. The Kier molecular flexibility index (Phi) is 6.39. The molecule has 1 saturated carbocycles. The van der Waals surface area contributed by atoms with Crippen molar-refractivity contribution in [3.63, 3.8) is 0 Å². The Balaban J connectivity index is 1.57. The van der Waals surface area contributed by atoms with Gasteiger partial charge < -0.3 is 14.4 Å². The van der Waals surface area contributed by atoms with E-state index in [0.29, 0.717) is 18.2 Å². The minimum absolute atomic E-state index is 0.0633. The van der Waals surface area contributed by atoms with E-state index >= 15 is 0 Å². The topological polar surface area (TPSA) is 69.5 Å². The molecular formula is C24H30N4O3. The largest absolute Gasteiger partial charge is 0.497 e. The number of aromatic nitrogens is 3. The number of pyridine rings is 1. The maximum atomic E-state index is 13.2. The molecule has 1 aliphatic rings. The second-order valence-corrected chi connectivity index (χ2v) is 8.00. The van der Waals surface area contributed by atoms with Crippen molar-refractivity contribution in [2.24, 2.45) is 0 Å². The lowest BCUT2D eigenvalue weighted by Crippen LogP contribution is -2.41. The van der Waals surface area contributed by atoms with Gasteiger partial charge in [-0.1, -0.05) is 19.3 Å². The molecule has 2 aromatic heterocycles. The number of hydrogen-bond donors (Lipinski definition) is 0. The Hall–Kier alpha value is -3.09. The fraction of sp³-hybridized carbons (Fsp3) is 0.458. The lowest BCUT2D eigenvalue weighted by Gasteiger charge is -2.33. The molecule has 0 atom stereocenters. The van der Waals surface area contributed by atoms with Gasteiger partial charge in [0.2, 0.25) is 0 Å². The molecule has 1 aromatic carbocycles. The van der Waals surface area contributed by atoms with Crippen LogP contribution in [0.1, 0.15) is 54.9 Å². The average molecular weight is 423 g/mol. The number of carbonyl (C=O) groups excluding carboxylic acids is 1. The summed E-state index contributed by atoms with van der Waals surface area (Å²) >= 11 is 0. The van der Waals surface area contributed by atoms with Crippen molar-refractivity contribution in [3.8, 4) is 11.5 Å². The maximum absolute atomic E-state index is 13.2. The number of carbonyl (C=O) groups is 1. The molecule has 7 heteroatoms. The lowest BCUT2D eigenvalue weighted by molar-refractivity contribution is 0.0647. The molecular weight excluding hydrogens is 392 g/mol. The van der Waals surface area contributed by atoms with E-state index in [1.54, 1.807) is 26.6 Å². The van der Waals surface area contributed by atoms with E-state index in [1.807, 2.05) is 33.8 Å². The van der Waals surface area contributed by atoms with Gasteiger partial charge in [-0.15, -0.1) is 0 Å². The van der Waals surface area contributed by atoms with Crippen molar-refractivity contribution in [2.45, 2.75) is 51.6 Å². The summed E-state index contributed by atoms with van der Waals surface area (Å²) in [5, 5.41) is 5.37. The van der Waals surface area contributed by atoms with Crippen LogP contribution in [0, 0.1) is 0 Å². The molecule has 1 amide bonds. The summed E-state index contributed by atoms with van der Waals surface area (Å²) in [4.78, 5) is 19.8. The van der Waals surface area contributed by atoms with Crippen LogP contribution in [0.4, 0.5) is 0 Å². The van der Waals surface area contributed by atoms with Gasteiger partial charge >= 0.3 is 0 Å². The fourth-order valence-corrected chi connectivity index (χ4v) is 4.47. The third-order valence-electron chi connectivity index (χ3n) is 6.15. The molecule has 0 saturated heterocycles. The number of amides is 1. The zero-order chi connectivity index (χ0) is 21.8. The van der Waals surface area contributed by atoms with Crippen molar-refractivity contribution in [3.05, 3.63) is 47.8 Å². The fourth-order valence-electron chi connectivity index (χ4n) is 4.47. The summed E-state index contributed by atoms with van der Waals surface area (Å²) in [5.74, 6) is 1.54. The van der Waals surface area contributed by atoms with Gasteiger partial charge in [-0.25, -0.2) is 9.67 Å². The first kappa shape index (κ1) is 21.2. The van der Waals surface area contributed by atoms with Gasteiger partial charge in [-0.2, -0.15) is 5.10 Å². The second-order valence-electron chi connectivity index (χ2n) is 8.00. The highest BCUT2D eigenvalue weighted by Gasteiger charge is 2.25. The molecule has 0 spiro atoms. The Morgan fingerprint density at radius 3 is 2.65 bits per heavy atom. The number of benzene rings is 1. The minimum Gasteiger partial charge on any atom is -0.497 e. The van der Waals surface area contributed by atoms with Crippen molar-refractivity contribution in [1.82, 2.24) is 19.7 Å². The molecule has 7 nitrogen and oxygen atoms in total. The summed E-state index contributed by atoms with van der Waals surface area (Å²) in [6.45, 7) is 3.29. The highest BCUT2D eigenvalue weighted by molar-refractivity contribution is 5.97. The van der Waals surface area contributed by atoms with Gasteiger partial charge in [0.15, 0.2) is 5.65 Å². The number of hydrogen-bond acceptors (Lipinski definition) is 5. The van der Waals surface area contributed by atoms with E-state index in [2.05, 4.69) is 17.0 Å². The molecule has 1 aliphatic carbocycles. The number of fused-ring (bicyclic) bond motifs is 1. The average Bonchev–Trinajstić information content (AvgIpc) is 3.22. The first-order chi connectivity index (χ1) is 15.1. The molecule has 2 heterocycles. The van der Waals surface area contributed by atoms with Gasteiger partial charge in [0.25, 0.3) is 5.91 Å². The first-order valence-electron chi connectivity index (χ1n) is 11.0. The second kappa shape index (κ2) is 9.37. The van der Waals surface area contributed by atoms with E-state index in [1.165, 1.54) is 19.3 Å². The molecule has 4 rings (SSSR count). The predicted octanol–water partition coefficient (Wildman–Crippen LogP) is 4.29. The van der Waals surface area contributed by atoms with E-state index < -0.39 is 0 Å². The highest BCUT2D eigenvalue weighted by atomic mass is 16.5. The van der Waals surface area contributed by atoms with E-state index in [0.717, 1.165) is 47.5 Å². The molecule has 3 aromatic rings. The molecule has 1 fully saturated rings. The third kappa shape index (κ3) is 4.36. The quantitative estimate of drug-likeness (QED) is 0.568. The van der Waals surface area contributed by atoms with Crippen LogP contribution in [-0.2, 0) is 6.54 Å². The van der Waals surface area contributed by atoms with Crippen LogP contribution < -0.4 is 9.47 Å². The molecule has 0 unspecified atom stereocenters. The van der Waals surface area contributed by atoms with Crippen LogP contribution in [-0.4, -0.2) is 52.4 Å². The lowest BCUT2D eigenvalue weighted by atomic mass is 9.94. The zero-order valence-electron chi connectivity index (χ0n) is 18.5. The Morgan fingerprint density at radius 2 is 1.94 bits per heavy atom. The van der Waals surface area contributed by atoms with Gasteiger partial charge in [-0.05, 0) is 38.0 Å². The monoisotopic (exact) mass is 422 g/mol. The highest BCUT2D eigenvalue weighted by Crippen LogP contribution is 2.27. The summed E-state index contributed by atoms with van der Waals surface area (Å²) in [5.41, 5.74) is 2.35. The SMILES string of the molecule is CCN(C(=O)c1cnc2c(cnn2Cc2ccc(OC)cc2OC)c1)C1CCCCC1. The summed E-state index contributed by atoms with van der Waals surface area (Å²) in [6.07, 6.45) is 9.31. The van der Waals surface area contributed by atoms with Gasteiger partial charge in [-0.3, -0.25) is 4.79 Å². The van der Waals surface area contributed by atoms with Crippen LogP contribution in [0.15, 0.2) is 36.7 Å². The zero-order valence-corrected chi connectivity index (χ0v) is 18.5. The van der Waals surface area contributed by atoms with Crippen molar-refractivity contribution in [2.75, 3.05) is 20.8 Å². The van der Waals surface area contributed by atoms with Gasteiger partial charge in [0, 0.05) is 35.8 Å². The Morgan fingerprint density at radius 1 is 1.13 bits per heavy atom. The summed E-state index contributed by atoms with van der Waals surface area (Å²) in [7, 11) is 3.27. The Labute approximate surface area is 183 Å². The number of rotatable bonds is 7.